The fourth-order valence-corrected chi connectivity index (χ4v) is 1.23. The molecule has 0 saturated carbocycles. The van der Waals surface area contributed by atoms with Gasteiger partial charge in [-0.3, -0.25) is 4.79 Å². The van der Waals surface area contributed by atoms with Crippen LogP contribution in [0.25, 0.3) is 0 Å². The van der Waals surface area contributed by atoms with Gasteiger partial charge < -0.3 is 15.3 Å². The molecule has 0 unspecified atom stereocenters. The van der Waals surface area contributed by atoms with Gasteiger partial charge in [-0.1, -0.05) is 0 Å². The third kappa shape index (κ3) is 1.91. The zero-order chi connectivity index (χ0) is 8.48. The highest BCUT2D eigenvalue weighted by Gasteiger charge is 2.33. The molecule has 1 atom stereocenters. The third-order valence-corrected chi connectivity index (χ3v) is 1.85. The topological polar surface area (TPSA) is 52.6 Å². The van der Waals surface area contributed by atoms with Gasteiger partial charge in [-0.25, -0.2) is 0 Å². The summed E-state index contributed by atoms with van der Waals surface area (Å²) in [5.74, 6) is -0.276. The maximum Gasteiger partial charge on any atom is 0.253 e. The largest absolute Gasteiger partial charge is 0.379 e. The van der Waals surface area contributed by atoms with E-state index < -0.39 is 5.60 Å². The van der Waals surface area contributed by atoms with Crippen LogP contribution in [-0.4, -0.2) is 48.2 Å². The Morgan fingerprint density at radius 1 is 1.73 bits per heavy atom. The maximum absolute atomic E-state index is 11.1. The van der Waals surface area contributed by atoms with Crippen LogP contribution in [0.15, 0.2) is 0 Å². The Labute approximate surface area is 66.2 Å². The SMILES string of the molecule is CN1CCNC(=O)[C@](C)(O)C1. The lowest BCUT2D eigenvalue weighted by atomic mass is 10.1. The summed E-state index contributed by atoms with van der Waals surface area (Å²) in [5, 5.41) is 12.2. The van der Waals surface area contributed by atoms with Crippen molar-refractivity contribution in [3.63, 3.8) is 0 Å². The van der Waals surface area contributed by atoms with Gasteiger partial charge in [-0.05, 0) is 14.0 Å². The number of hydrogen-bond acceptors (Lipinski definition) is 3. The van der Waals surface area contributed by atoms with Crippen molar-refractivity contribution < 1.29 is 9.90 Å². The van der Waals surface area contributed by atoms with E-state index in [9.17, 15) is 9.90 Å². The summed E-state index contributed by atoms with van der Waals surface area (Å²) in [6.07, 6.45) is 0. The fourth-order valence-electron chi connectivity index (χ4n) is 1.23. The molecule has 0 aromatic carbocycles. The van der Waals surface area contributed by atoms with Crippen LogP contribution in [0.3, 0.4) is 0 Å². The summed E-state index contributed by atoms with van der Waals surface area (Å²) in [5.41, 5.74) is -1.23. The van der Waals surface area contributed by atoms with Crippen LogP contribution >= 0.6 is 0 Å². The van der Waals surface area contributed by atoms with Crippen molar-refractivity contribution >= 4 is 5.91 Å². The molecule has 0 spiro atoms. The van der Waals surface area contributed by atoms with Crippen molar-refractivity contribution in [1.29, 1.82) is 0 Å². The molecule has 1 fully saturated rings. The molecule has 1 aliphatic heterocycles. The standard InChI is InChI=1S/C7H14N2O2/c1-7(11)5-9(2)4-3-8-6(7)10/h11H,3-5H2,1-2H3,(H,8,10)/t7-/m1/s1. The lowest BCUT2D eigenvalue weighted by Crippen LogP contribution is -2.47. The number of amides is 1. The van der Waals surface area contributed by atoms with Gasteiger partial charge in [0.05, 0.1) is 0 Å². The third-order valence-electron chi connectivity index (χ3n) is 1.85. The van der Waals surface area contributed by atoms with Crippen molar-refractivity contribution in [2.45, 2.75) is 12.5 Å². The lowest BCUT2D eigenvalue weighted by molar-refractivity contribution is -0.137. The van der Waals surface area contributed by atoms with E-state index in [1.807, 2.05) is 11.9 Å². The molecular weight excluding hydrogens is 144 g/mol. The molecule has 2 N–H and O–H groups in total. The van der Waals surface area contributed by atoms with Crippen molar-refractivity contribution in [2.75, 3.05) is 26.7 Å². The first-order chi connectivity index (χ1) is 5.02. The van der Waals surface area contributed by atoms with E-state index in [-0.39, 0.29) is 5.91 Å². The predicted octanol–water partition coefficient (Wildman–Crippen LogP) is -1.20. The highest BCUT2D eigenvalue weighted by molar-refractivity contribution is 5.84. The van der Waals surface area contributed by atoms with Gasteiger partial charge in [-0.15, -0.1) is 0 Å². The lowest BCUT2D eigenvalue weighted by Gasteiger charge is -2.22. The Kier molecular flexibility index (Phi) is 2.15. The zero-order valence-corrected chi connectivity index (χ0v) is 6.92. The average Bonchev–Trinajstić information content (AvgIpc) is 1.93. The van der Waals surface area contributed by atoms with Gasteiger partial charge in [0.15, 0.2) is 5.60 Å². The number of rotatable bonds is 0. The molecule has 4 heteroatoms. The van der Waals surface area contributed by atoms with Crippen molar-refractivity contribution in [3.8, 4) is 0 Å². The molecule has 0 aromatic heterocycles. The second-order valence-electron chi connectivity index (χ2n) is 3.27. The number of likely N-dealkylation sites (N-methyl/N-ethyl adjacent to an activating group) is 1. The Bertz CT molecular complexity index is 168. The highest BCUT2D eigenvalue weighted by atomic mass is 16.3. The maximum atomic E-state index is 11.1. The predicted molar refractivity (Wildman–Crippen MR) is 41.1 cm³/mol. The summed E-state index contributed by atoms with van der Waals surface area (Å²) in [6, 6.07) is 0. The normalized spacial score (nSPS) is 34.6. The van der Waals surface area contributed by atoms with Crippen LogP contribution in [0, 0.1) is 0 Å². The molecule has 1 rings (SSSR count). The molecule has 64 valence electrons. The number of nitrogens with zero attached hydrogens (tertiary/aromatic N) is 1. The number of carbonyl (C=O) groups excluding carboxylic acids is 1. The van der Waals surface area contributed by atoms with Gasteiger partial charge >= 0.3 is 0 Å². The van der Waals surface area contributed by atoms with Crippen LogP contribution in [0.1, 0.15) is 6.92 Å². The molecule has 0 aromatic rings. The molecule has 1 amide bonds. The van der Waals surface area contributed by atoms with Crippen LogP contribution in [0.2, 0.25) is 0 Å². The smallest absolute Gasteiger partial charge is 0.253 e. The Morgan fingerprint density at radius 3 is 3.00 bits per heavy atom. The summed E-state index contributed by atoms with van der Waals surface area (Å²) in [4.78, 5) is 13.0. The van der Waals surface area contributed by atoms with E-state index in [1.54, 1.807) is 0 Å². The van der Waals surface area contributed by atoms with Gasteiger partial charge in [0, 0.05) is 19.6 Å². The van der Waals surface area contributed by atoms with Gasteiger partial charge in [-0.2, -0.15) is 0 Å². The minimum atomic E-state index is -1.23. The second kappa shape index (κ2) is 2.79. The monoisotopic (exact) mass is 158 g/mol. The van der Waals surface area contributed by atoms with E-state index in [0.717, 1.165) is 6.54 Å². The number of aliphatic hydroxyl groups is 1. The van der Waals surface area contributed by atoms with E-state index in [1.165, 1.54) is 6.92 Å². The van der Waals surface area contributed by atoms with Crippen molar-refractivity contribution in [1.82, 2.24) is 10.2 Å². The van der Waals surface area contributed by atoms with Crippen LogP contribution < -0.4 is 5.32 Å². The quantitative estimate of drug-likeness (QED) is 0.465. The van der Waals surface area contributed by atoms with Crippen LogP contribution in [0.5, 0.6) is 0 Å². The number of carbonyl (C=O) groups is 1. The van der Waals surface area contributed by atoms with Gasteiger partial charge in [0.2, 0.25) is 0 Å². The number of β-amino-alcohol motifs (C(OH)–C–C–N with tert-alkyl or cyclic N) is 1. The first kappa shape index (κ1) is 8.49. The van der Waals surface area contributed by atoms with E-state index in [2.05, 4.69) is 5.32 Å². The first-order valence-electron chi connectivity index (χ1n) is 3.71. The summed E-state index contributed by atoms with van der Waals surface area (Å²) >= 11 is 0. The van der Waals surface area contributed by atoms with Crippen molar-refractivity contribution in [2.24, 2.45) is 0 Å². The molecule has 11 heavy (non-hydrogen) atoms. The van der Waals surface area contributed by atoms with E-state index in [4.69, 9.17) is 0 Å². The van der Waals surface area contributed by atoms with Gasteiger partial charge in [0.1, 0.15) is 0 Å². The molecular formula is C7H14N2O2. The molecule has 4 nitrogen and oxygen atoms in total. The Balaban J connectivity index is 2.68. The summed E-state index contributed by atoms with van der Waals surface area (Å²) in [6.45, 7) is 3.34. The fraction of sp³-hybridized carbons (Fsp3) is 0.857. The average molecular weight is 158 g/mol. The molecule has 1 saturated heterocycles. The Hall–Kier alpha value is -0.610. The van der Waals surface area contributed by atoms with Gasteiger partial charge in [0.25, 0.3) is 5.91 Å². The molecule has 1 heterocycles. The number of nitrogens with one attached hydrogen (secondary N) is 1. The highest BCUT2D eigenvalue weighted by Crippen LogP contribution is 2.07. The minimum absolute atomic E-state index is 0.276. The summed E-state index contributed by atoms with van der Waals surface area (Å²) in [7, 11) is 1.88. The van der Waals surface area contributed by atoms with E-state index in [0.29, 0.717) is 13.1 Å². The Morgan fingerprint density at radius 2 is 2.36 bits per heavy atom. The molecule has 0 bridgehead atoms. The molecule has 0 aliphatic carbocycles. The van der Waals surface area contributed by atoms with E-state index >= 15 is 0 Å². The number of hydrogen-bond donors (Lipinski definition) is 2. The molecule has 1 aliphatic rings. The van der Waals surface area contributed by atoms with Crippen molar-refractivity contribution in [3.05, 3.63) is 0 Å². The summed E-state index contributed by atoms with van der Waals surface area (Å²) < 4.78 is 0. The second-order valence-corrected chi connectivity index (χ2v) is 3.27. The zero-order valence-electron chi connectivity index (χ0n) is 6.92. The molecule has 0 radical (unpaired) electrons. The first-order valence-corrected chi connectivity index (χ1v) is 3.71. The van der Waals surface area contributed by atoms with Crippen LogP contribution in [-0.2, 0) is 4.79 Å². The minimum Gasteiger partial charge on any atom is -0.379 e. The van der Waals surface area contributed by atoms with Crippen LogP contribution in [0.4, 0.5) is 0 Å².